The molecule has 4 nitrogen and oxygen atoms in total. The first-order valence-electron chi connectivity index (χ1n) is 6.70. The summed E-state index contributed by atoms with van der Waals surface area (Å²) in [6, 6.07) is 9.08. The lowest BCUT2D eigenvalue weighted by Crippen LogP contribution is -2.87. The molecule has 0 atom stereocenters. The van der Waals surface area contributed by atoms with Crippen molar-refractivity contribution in [3.05, 3.63) is 58.0 Å². The zero-order chi connectivity index (χ0) is 15.1. The molecule has 0 aliphatic heterocycles. The predicted molar refractivity (Wildman–Crippen MR) is 82.4 cm³/mol. The lowest BCUT2D eigenvalue weighted by molar-refractivity contribution is -0.643. The molecule has 1 aromatic carbocycles. The van der Waals surface area contributed by atoms with Crippen molar-refractivity contribution in [1.29, 1.82) is 0 Å². The maximum atomic E-state index is 11.6. The van der Waals surface area contributed by atoms with Crippen molar-refractivity contribution in [2.24, 2.45) is 0 Å². The van der Waals surface area contributed by atoms with Crippen molar-refractivity contribution in [1.82, 2.24) is 5.32 Å². The molecule has 3 N–H and O–H groups in total. The second-order valence-corrected chi connectivity index (χ2v) is 5.47. The van der Waals surface area contributed by atoms with E-state index >= 15 is 0 Å². The van der Waals surface area contributed by atoms with Gasteiger partial charge in [0, 0.05) is 16.5 Å². The third kappa shape index (κ3) is 5.42. The number of halogens is 2. The Kier molecular flexibility index (Phi) is 6.11. The van der Waals surface area contributed by atoms with E-state index < -0.39 is 0 Å². The van der Waals surface area contributed by atoms with E-state index in [0.717, 1.165) is 24.3 Å². The molecular formula is C15H17Cl2N2O2+. The number of hydrogen-bond donors (Lipinski definition) is 2. The van der Waals surface area contributed by atoms with Crippen LogP contribution in [-0.4, -0.2) is 19.0 Å². The van der Waals surface area contributed by atoms with Crippen molar-refractivity contribution in [2.75, 3.05) is 13.1 Å². The highest BCUT2D eigenvalue weighted by atomic mass is 35.5. The number of carbonyl (C=O) groups is 1. The van der Waals surface area contributed by atoms with Crippen molar-refractivity contribution >= 4 is 29.1 Å². The molecule has 0 unspecified atom stereocenters. The Hall–Kier alpha value is -1.49. The van der Waals surface area contributed by atoms with Crippen LogP contribution in [0.3, 0.4) is 0 Å². The summed E-state index contributed by atoms with van der Waals surface area (Å²) >= 11 is 11.9. The molecular weight excluding hydrogens is 311 g/mol. The van der Waals surface area contributed by atoms with Gasteiger partial charge in [0.05, 0.1) is 19.4 Å². The number of hydrogen-bond acceptors (Lipinski definition) is 2. The van der Waals surface area contributed by atoms with Gasteiger partial charge in [-0.15, -0.1) is 0 Å². The SMILES string of the molecule is O=C(C[NH2+]CCc1ccc(Cl)cc1Cl)NCc1ccco1. The minimum Gasteiger partial charge on any atom is -0.467 e. The highest BCUT2D eigenvalue weighted by molar-refractivity contribution is 6.35. The molecule has 2 aromatic rings. The fraction of sp³-hybridized carbons (Fsp3) is 0.267. The largest absolute Gasteiger partial charge is 0.467 e. The van der Waals surface area contributed by atoms with E-state index in [-0.39, 0.29) is 5.91 Å². The summed E-state index contributed by atoms with van der Waals surface area (Å²) in [6.45, 7) is 1.59. The van der Waals surface area contributed by atoms with E-state index in [1.54, 1.807) is 18.4 Å². The van der Waals surface area contributed by atoms with E-state index in [2.05, 4.69) is 5.32 Å². The molecule has 1 heterocycles. The number of rotatable bonds is 7. The number of furan rings is 1. The number of nitrogens with one attached hydrogen (secondary N) is 1. The average Bonchev–Trinajstić information content (AvgIpc) is 2.96. The Balaban J connectivity index is 1.64. The second kappa shape index (κ2) is 8.08. The topological polar surface area (TPSA) is 58.9 Å². The molecule has 0 aliphatic carbocycles. The number of nitrogens with two attached hydrogens (primary N) is 1. The first-order chi connectivity index (χ1) is 10.1. The zero-order valence-corrected chi connectivity index (χ0v) is 13.0. The maximum absolute atomic E-state index is 11.6. The fourth-order valence-electron chi connectivity index (χ4n) is 1.89. The molecule has 1 amide bonds. The first kappa shape index (κ1) is 15.9. The van der Waals surface area contributed by atoms with Crippen LogP contribution < -0.4 is 10.6 Å². The van der Waals surface area contributed by atoms with Crippen LogP contribution in [0.2, 0.25) is 10.0 Å². The van der Waals surface area contributed by atoms with Gasteiger partial charge in [-0.1, -0.05) is 29.3 Å². The molecule has 2 rings (SSSR count). The standard InChI is InChI=1S/C15H16Cl2N2O2/c16-12-4-3-11(14(17)8-12)5-6-18-10-15(20)19-9-13-2-1-7-21-13/h1-4,7-8,18H,5-6,9-10H2,(H,19,20)/p+1. The third-order valence-corrected chi connectivity index (χ3v) is 3.59. The Morgan fingerprint density at radius 3 is 2.86 bits per heavy atom. The van der Waals surface area contributed by atoms with Crippen molar-refractivity contribution in [3.63, 3.8) is 0 Å². The van der Waals surface area contributed by atoms with Gasteiger partial charge >= 0.3 is 0 Å². The second-order valence-electron chi connectivity index (χ2n) is 4.62. The quantitative estimate of drug-likeness (QED) is 0.764. The predicted octanol–water partition coefficient (Wildman–Crippen LogP) is 2.01. The van der Waals surface area contributed by atoms with Gasteiger partial charge in [-0.2, -0.15) is 0 Å². The number of benzene rings is 1. The van der Waals surface area contributed by atoms with Crippen LogP contribution in [0.15, 0.2) is 41.0 Å². The summed E-state index contributed by atoms with van der Waals surface area (Å²) in [5, 5.41) is 6.04. The fourth-order valence-corrected chi connectivity index (χ4v) is 2.39. The van der Waals surface area contributed by atoms with E-state index in [4.69, 9.17) is 27.6 Å². The van der Waals surface area contributed by atoms with Crippen LogP contribution in [0.1, 0.15) is 11.3 Å². The van der Waals surface area contributed by atoms with Gasteiger partial charge in [0.15, 0.2) is 6.54 Å². The van der Waals surface area contributed by atoms with Crippen LogP contribution in [-0.2, 0) is 17.8 Å². The van der Waals surface area contributed by atoms with Gasteiger partial charge in [-0.05, 0) is 29.8 Å². The highest BCUT2D eigenvalue weighted by Crippen LogP contribution is 2.20. The summed E-state index contributed by atoms with van der Waals surface area (Å²) in [5.41, 5.74) is 1.04. The third-order valence-electron chi connectivity index (χ3n) is 3.00. The minimum atomic E-state index is -0.0198. The highest BCUT2D eigenvalue weighted by Gasteiger charge is 2.06. The molecule has 1 aromatic heterocycles. The Morgan fingerprint density at radius 2 is 2.14 bits per heavy atom. The average molecular weight is 328 g/mol. The number of carbonyl (C=O) groups excluding carboxylic acids is 1. The molecule has 21 heavy (non-hydrogen) atoms. The zero-order valence-electron chi connectivity index (χ0n) is 11.4. The van der Waals surface area contributed by atoms with Crippen LogP contribution in [0.5, 0.6) is 0 Å². The summed E-state index contributed by atoms with van der Waals surface area (Å²) in [5.74, 6) is 0.727. The van der Waals surface area contributed by atoms with Crippen LogP contribution in [0, 0.1) is 0 Å². The van der Waals surface area contributed by atoms with Gasteiger partial charge in [0.1, 0.15) is 5.76 Å². The number of amides is 1. The smallest absolute Gasteiger partial charge is 0.275 e. The Labute approximate surface area is 133 Å². The van der Waals surface area contributed by atoms with Crippen molar-refractivity contribution in [3.8, 4) is 0 Å². The molecule has 0 spiro atoms. The summed E-state index contributed by atoms with van der Waals surface area (Å²) in [6.07, 6.45) is 2.38. The van der Waals surface area contributed by atoms with Gasteiger partial charge in [0.25, 0.3) is 5.91 Å². The van der Waals surface area contributed by atoms with E-state index in [1.165, 1.54) is 0 Å². The minimum absolute atomic E-state index is 0.0198. The molecule has 0 aliphatic rings. The molecule has 6 heteroatoms. The van der Waals surface area contributed by atoms with E-state index in [9.17, 15) is 4.79 Å². The first-order valence-corrected chi connectivity index (χ1v) is 7.45. The molecule has 112 valence electrons. The van der Waals surface area contributed by atoms with Gasteiger partial charge < -0.3 is 15.1 Å². The molecule has 0 saturated carbocycles. The van der Waals surface area contributed by atoms with Crippen LogP contribution in [0.4, 0.5) is 0 Å². The maximum Gasteiger partial charge on any atom is 0.275 e. The molecule has 0 fully saturated rings. The number of quaternary nitrogens is 1. The summed E-state index contributed by atoms with van der Waals surface area (Å²) < 4.78 is 5.14. The van der Waals surface area contributed by atoms with Crippen LogP contribution >= 0.6 is 23.2 Å². The molecule has 0 radical (unpaired) electrons. The summed E-state index contributed by atoms with van der Waals surface area (Å²) in [4.78, 5) is 11.6. The lowest BCUT2D eigenvalue weighted by atomic mass is 10.1. The molecule has 0 bridgehead atoms. The van der Waals surface area contributed by atoms with Crippen molar-refractivity contribution < 1.29 is 14.5 Å². The van der Waals surface area contributed by atoms with Gasteiger partial charge in [0.2, 0.25) is 0 Å². The molecule has 0 saturated heterocycles. The normalized spacial score (nSPS) is 10.6. The van der Waals surface area contributed by atoms with Crippen molar-refractivity contribution in [2.45, 2.75) is 13.0 Å². The summed E-state index contributed by atoms with van der Waals surface area (Å²) in [7, 11) is 0. The monoisotopic (exact) mass is 327 g/mol. The van der Waals surface area contributed by atoms with Crippen LogP contribution in [0.25, 0.3) is 0 Å². The Morgan fingerprint density at radius 1 is 1.29 bits per heavy atom. The van der Waals surface area contributed by atoms with E-state index in [1.807, 2.05) is 23.5 Å². The Bertz CT molecular complexity index is 585. The van der Waals surface area contributed by atoms with E-state index in [0.29, 0.717) is 23.1 Å². The van der Waals surface area contributed by atoms with Gasteiger partial charge in [-0.25, -0.2) is 0 Å². The van der Waals surface area contributed by atoms with Gasteiger partial charge in [-0.3, -0.25) is 4.79 Å². The lowest BCUT2D eigenvalue weighted by Gasteiger charge is -2.05.